The first-order valence-corrected chi connectivity index (χ1v) is 9.36. The first kappa shape index (κ1) is 17.2. The highest BCUT2D eigenvalue weighted by Crippen LogP contribution is 2.20. The van der Waals surface area contributed by atoms with E-state index >= 15 is 0 Å². The summed E-state index contributed by atoms with van der Waals surface area (Å²) in [4.78, 5) is 28.5. The molecule has 0 bridgehead atoms. The summed E-state index contributed by atoms with van der Waals surface area (Å²) in [7, 11) is 0. The van der Waals surface area contributed by atoms with Crippen LogP contribution in [0.15, 0.2) is 59.3 Å². The zero-order chi connectivity index (χ0) is 17.6. The van der Waals surface area contributed by atoms with Crippen LogP contribution < -0.4 is 10.9 Å². The predicted octanol–water partition coefficient (Wildman–Crippen LogP) is 2.80. The predicted molar refractivity (Wildman–Crippen MR) is 99.0 cm³/mol. The molecule has 0 aliphatic carbocycles. The van der Waals surface area contributed by atoms with Gasteiger partial charge in [-0.15, -0.1) is 11.3 Å². The Hall–Kier alpha value is -2.58. The second-order valence-electron chi connectivity index (χ2n) is 5.19. The molecule has 1 aromatic carbocycles. The minimum absolute atomic E-state index is 0.146. The highest BCUT2D eigenvalue weighted by atomic mass is 32.2. The van der Waals surface area contributed by atoms with Gasteiger partial charge in [-0.3, -0.25) is 25.0 Å². The summed E-state index contributed by atoms with van der Waals surface area (Å²) >= 11 is 2.62. The lowest BCUT2D eigenvalue weighted by atomic mass is 10.2. The molecule has 6 nitrogen and oxygen atoms in total. The van der Waals surface area contributed by atoms with Gasteiger partial charge in [0.05, 0.1) is 10.6 Å². The molecule has 0 fully saturated rings. The summed E-state index contributed by atoms with van der Waals surface area (Å²) in [5, 5.41) is 2.52. The van der Waals surface area contributed by atoms with Gasteiger partial charge in [0.15, 0.2) is 5.16 Å². The number of benzene rings is 1. The fourth-order valence-corrected chi connectivity index (χ4v) is 3.52. The number of thiophene rings is 1. The molecule has 0 aliphatic heterocycles. The van der Waals surface area contributed by atoms with E-state index in [1.165, 1.54) is 23.1 Å². The lowest BCUT2D eigenvalue weighted by molar-refractivity contribution is -0.119. The van der Waals surface area contributed by atoms with Gasteiger partial charge in [-0.2, -0.15) is 0 Å². The third-order valence-electron chi connectivity index (χ3n) is 3.28. The van der Waals surface area contributed by atoms with E-state index in [0.717, 1.165) is 11.3 Å². The van der Waals surface area contributed by atoms with Crippen LogP contribution in [0.5, 0.6) is 0 Å². The van der Waals surface area contributed by atoms with Gasteiger partial charge in [0.25, 0.3) is 5.91 Å². The van der Waals surface area contributed by atoms with Gasteiger partial charge in [0, 0.05) is 18.1 Å². The van der Waals surface area contributed by atoms with Crippen molar-refractivity contribution in [2.75, 3.05) is 5.75 Å². The van der Waals surface area contributed by atoms with E-state index in [-0.39, 0.29) is 17.6 Å². The molecule has 0 saturated heterocycles. The van der Waals surface area contributed by atoms with E-state index in [1.807, 2.05) is 42.0 Å². The Labute approximate surface area is 153 Å². The molecule has 0 radical (unpaired) electrons. The number of nitrogens with zero attached hydrogens (tertiary/aromatic N) is 2. The van der Waals surface area contributed by atoms with Crippen molar-refractivity contribution in [2.45, 2.75) is 12.1 Å². The summed E-state index contributed by atoms with van der Waals surface area (Å²) in [5.41, 5.74) is 6.95. The van der Waals surface area contributed by atoms with Crippen molar-refractivity contribution < 1.29 is 9.59 Å². The minimum Gasteiger partial charge on any atom is -0.295 e. The fourth-order valence-electron chi connectivity index (χ4n) is 2.13. The van der Waals surface area contributed by atoms with Gasteiger partial charge in [-0.05, 0) is 36.1 Å². The quantitative estimate of drug-likeness (QED) is 0.533. The van der Waals surface area contributed by atoms with Crippen LogP contribution in [0.2, 0.25) is 0 Å². The van der Waals surface area contributed by atoms with E-state index in [4.69, 9.17) is 0 Å². The number of hydrogen-bond acceptors (Lipinski definition) is 5. The SMILES string of the molecule is Cc1cccc(-n2ccnc2SCC(=O)NNC(=O)c2cccs2)c1. The van der Waals surface area contributed by atoms with Gasteiger partial charge in [-0.25, -0.2) is 4.98 Å². The third kappa shape index (κ3) is 4.49. The number of hydrogen-bond donors (Lipinski definition) is 2. The molecule has 0 atom stereocenters. The van der Waals surface area contributed by atoms with Crippen LogP contribution in [0.25, 0.3) is 5.69 Å². The van der Waals surface area contributed by atoms with Crippen molar-refractivity contribution in [3.8, 4) is 5.69 Å². The zero-order valence-electron chi connectivity index (χ0n) is 13.4. The number of imidazole rings is 1. The maximum absolute atomic E-state index is 11.9. The van der Waals surface area contributed by atoms with Crippen molar-refractivity contribution in [1.29, 1.82) is 0 Å². The normalized spacial score (nSPS) is 10.4. The van der Waals surface area contributed by atoms with Crippen LogP contribution in [-0.4, -0.2) is 27.1 Å². The number of carbonyl (C=O) groups excluding carboxylic acids is 2. The average molecular weight is 372 g/mol. The summed E-state index contributed by atoms with van der Waals surface area (Å²) < 4.78 is 1.93. The summed E-state index contributed by atoms with van der Waals surface area (Å²) in [6.45, 7) is 2.02. The van der Waals surface area contributed by atoms with Gasteiger partial charge in [0.1, 0.15) is 0 Å². The van der Waals surface area contributed by atoms with Crippen LogP contribution in [0.1, 0.15) is 15.2 Å². The molecular weight excluding hydrogens is 356 g/mol. The molecule has 2 N–H and O–H groups in total. The number of nitrogens with one attached hydrogen (secondary N) is 2. The largest absolute Gasteiger partial charge is 0.295 e. The van der Waals surface area contributed by atoms with Gasteiger partial charge in [0.2, 0.25) is 5.91 Å². The first-order chi connectivity index (χ1) is 12.1. The molecule has 3 rings (SSSR count). The smallest absolute Gasteiger partial charge is 0.279 e. The summed E-state index contributed by atoms with van der Waals surface area (Å²) in [6.07, 6.45) is 3.55. The molecule has 2 heterocycles. The van der Waals surface area contributed by atoms with E-state index in [1.54, 1.807) is 23.7 Å². The Bertz CT molecular complexity index is 874. The maximum atomic E-state index is 11.9. The molecule has 0 spiro atoms. The molecule has 25 heavy (non-hydrogen) atoms. The standard InChI is InChI=1S/C17H16N4O2S2/c1-12-4-2-5-13(10-12)21-8-7-18-17(21)25-11-15(22)19-20-16(23)14-6-3-9-24-14/h2-10H,11H2,1H3,(H,19,22)(H,20,23). The molecule has 3 aromatic rings. The number of hydrazine groups is 1. The number of thioether (sulfide) groups is 1. The lowest BCUT2D eigenvalue weighted by Crippen LogP contribution is -2.42. The Morgan fingerprint density at radius 2 is 2.12 bits per heavy atom. The number of carbonyl (C=O) groups is 2. The molecule has 0 unspecified atom stereocenters. The monoisotopic (exact) mass is 372 g/mol. The number of aryl methyl sites for hydroxylation is 1. The number of amides is 2. The lowest BCUT2D eigenvalue weighted by Gasteiger charge is -2.09. The Morgan fingerprint density at radius 3 is 2.88 bits per heavy atom. The zero-order valence-corrected chi connectivity index (χ0v) is 15.1. The van der Waals surface area contributed by atoms with Gasteiger partial charge < -0.3 is 0 Å². The van der Waals surface area contributed by atoms with Gasteiger partial charge >= 0.3 is 0 Å². The Balaban J connectivity index is 1.55. The van der Waals surface area contributed by atoms with Crippen LogP contribution in [0, 0.1) is 6.92 Å². The third-order valence-corrected chi connectivity index (χ3v) is 5.11. The number of aromatic nitrogens is 2. The van der Waals surface area contributed by atoms with Crippen LogP contribution in [0.4, 0.5) is 0 Å². The van der Waals surface area contributed by atoms with Crippen molar-refractivity contribution in [1.82, 2.24) is 20.4 Å². The highest BCUT2D eigenvalue weighted by Gasteiger charge is 2.11. The molecule has 2 aromatic heterocycles. The maximum Gasteiger partial charge on any atom is 0.279 e. The molecule has 0 aliphatic rings. The summed E-state index contributed by atoms with van der Waals surface area (Å²) in [5.74, 6) is -0.476. The van der Waals surface area contributed by atoms with Crippen LogP contribution in [0.3, 0.4) is 0 Å². The van der Waals surface area contributed by atoms with Crippen LogP contribution in [-0.2, 0) is 4.79 Å². The van der Waals surface area contributed by atoms with E-state index in [0.29, 0.717) is 10.0 Å². The summed E-state index contributed by atoms with van der Waals surface area (Å²) in [6, 6.07) is 11.5. The second-order valence-corrected chi connectivity index (χ2v) is 7.08. The Morgan fingerprint density at radius 1 is 1.24 bits per heavy atom. The highest BCUT2D eigenvalue weighted by molar-refractivity contribution is 7.99. The number of rotatable bonds is 5. The topological polar surface area (TPSA) is 76.0 Å². The van der Waals surface area contributed by atoms with Gasteiger partial charge in [-0.1, -0.05) is 30.0 Å². The van der Waals surface area contributed by atoms with Crippen molar-refractivity contribution in [3.05, 3.63) is 64.6 Å². The minimum atomic E-state index is -0.324. The molecule has 2 amide bonds. The van der Waals surface area contributed by atoms with Crippen LogP contribution >= 0.6 is 23.1 Å². The van der Waals surface area contributed by atoms with Crippen molar-refractivity contribution in [3.63, 3.8) is 0 Å². The molecule has 8 heteroatoms. The molecule has 128 valence electrons. The first-order valence-electron chi connectivity index (χ1n) is 7.49. The van der Waals surface area contributed by atoms with E-state index in [9.17, 15) is 9.59 Å². The molecular formula is C17H16N4O2S2. The molecule has 0 saturated carbocycles. The average Bonchev–Trinajstić information content (AvgIpc) is 3.29. The Kier molecular flexibility index (Phi) is 5.52. The van der Waals surface area contributed by atoms with Crippen molar-refractivity contribution >= 4 is 34.9 Å². The second kappa shape index (κ2) is 8.00. The fraction of sp³-hybridized carbons (Fsp3) is 0.118. The van der Waals surface area contributed by atoms with Crippen molar-refractivity contribution in [2.24, 2.45) is 0 Å². The van der Waals surface area contributed by atoms with E-state index in [2.05, 4.69) is 15.8 Å². The van der Waals surface area contributed by atoms with E-state index < -0.39 is 0 Å².